The summed E-state index contributed by atoms with van der Waals surface area (Å²) in [4.78, 5) is 12.7. The van der Waals surface area contributed by atoms with Gasteiger partial charge in [0.25, 0.3) is 0 Å². The molecule has 1 heterocycles. The molecule has 1 aromatic rings. The maximum absolute atomic E-state index is 13.3. The molecule has 0 saturated carbocycles. The second-order valence-electron chi connectivity index (χ2n) is 4.94. The van der Waals surface area contributed by atoms with Gasteiger partial charge in [-0.3, -0.25) is 9.69 Å². The fourth-order valence-electron chi connectivity index (χ4n) is 2.40. The number of carboxylic acids is 1. The molecule has 1 N–H and O–H groups in total. The minimum absolute atomic E-state index is 0.0546. The molecule has 2 atom stereocenters. The number of hydrogen-bond donors (Lipinski definition) is 1. The molecule has 1 aliphatic heterocycles. The van der Waals surface area contributed by atoms with Crippen molar-refractivity contribution < 1.29 is 23.4 Å². The van der Waals surface area contributed by atoms with Crippen LogP contribution in [-0.2, 0) is 9.53 Å². The zero-order chi connectivity index (χ0) is 14.7. The summed E-state index contributed by atoms with van der Waals surface area (Å²) in [6.45, 7) is 3.42. The Hall–Kier alpha value is -1.53. The third-order valence-corrected chi connectivity index (χ3v) is 3.55. The molecule has 20 heavy (non-hydrogen) atoms. The Kier molecular flexibility index (Phi) is 4.67. The van der Waals surface area contributed by atoms with Gasteiger partial charge in [-0.15, -0.1) is 0 Å². The summed E-state index contributed by atoms with van der Waals surface area (Å²) >= 11 is 0. The topological polar surface area (TPSA) is 49.8 Å². The molecule has 1 saturated heterocycles. The third kappa shape index (κ3) is 3.52. The van der Waals surface area contributed by atoms with E-state index in [4.69, 9.17) is 9.84 Å². The fourth-order valence-corrected chi connectivity index (χ4v) is 2.40. The summed E-state index contributed by atoms with van der Waals surface area (Å²) in [7, 11) is 0. The summed E-state index contributed by atoms with van der Waals surface area (Å²) < 4.78 is 31.6. The first-order chi connectivity index (χ1) is 9.47. The number of morpholine rings is 1. The molecule has 1 aromatic carbocycles. The monoisotopic (exact) mass is 285 g/mol. The molecule has 0 aromatic heterocycles. The van der Waals surface area contributed by atoms with Crippen LogP contribution in [0.2, 0.25) is 0 Å². The molecular weight excluding hydrogens is 268 g/mol. The van der Waals surface area contributed by atoms with Crippen LogP contribution < -0.4 is 0 Å². The first kappa shape index (κ1) is 14.9. The maximum Gasteiger partial charge on any atom is 0.306 e. The molecule has 6 heteroatoms. The number of benzene rings is 1. The summed E-state index contributed by atoms with van der Waals surface area (Å²) in [5.74, 6) is -2.64. The molecule has 0 bridgehead atoms. The van der Waals surface area contributed by atoms with Gasteiger partial charge in [0.2, 0.25) is 0 Å². The lowest BCUT2D eigenvalue weighted by atomic mass is 10.0. The van der Waals surface area contributed by atoms with Crippen LogP contribution >= 0.6 is 0 Å². The molecule has 2 rings (SSSR count). The molecule has 1 aliphatic rings. The van der Waals surface area contributed by atoms with E-state index in [0.29, 0.717) is 25.3 Å². The van der Waals surface area contributed by atoms with Crippen LogP contribution in [0, 0.1) is 11.6 Å². The van der Waals surface area contributed by atoms with Gasteiger partial charge in [0.05, 0.1) is 19.1 Å². The Bertz CT molecular complexity index is 495. The van der Waals surface area contributed by atoms with Gasteiger partial charge in [-0.05, 0) is 24.6 Å². The molecular formula is C14H17F2NO3. The lowest BCUT2D eigenvalue weighted by Crippen LogP contribution is -2.44. The lowest BCUT2D eigenvalue weighted by Gasteiger charge is -2.36. The number of halogens is 2. The summed E-state index contributed by atoms with van der Waals surface area (Å²) in [5.41, 5.74) is 0.667. The number of hydrogen-bond acceptors (Lipinski definition) is 3. The SMILES string of the molecule is CC(c1ccc(F)c(F)c1)N1CCOC(CC(=O)O)C1. The first-order valence-electron chi connectivity index (χ1n) is 6.49. The Morgan fingerprint density at radius 1 is 1.50 bits per heavy atom. The molecule has 0 radical (unpaired) electrons. The van der Waals surface area contributed by atoms with Crippen molar-refractivity contribution >= 4 is 5.97 Å². The maximum atomic E-state index is 13.3. The van der Waals surface area contributed by atoms with Crippen LogP contribution in [0.15, 0.2) is 18.2 Å². The molecule has 0 aliphatic carbocycles. The number of aliphatic carboxylic acids is 1. The highest BCUT2D eigenvalue weighted by atomic mass is 19.2. The average Bonchev–Trinajstić information content (AvgIpc) is 2.40. The van der Waals surface area contributed by atoms with Gasteiger partial charge in [-0.25, -0.2) is 8.78 Å². The van der Waals surface area contributed by atoms with E-state index in [9.17, 15) is 13.6 Å². The summed E-state index contributed by atoms with van der Waals surface area (Å²) in [5, 5.41) is 8.78. The van der Waals surface area contributed by atoms with Crippen molar-refractivity contribution in [3.05, 3.63) is 35.4 Å². The molecule has 1 fully saturated rings. The Morgan fingerprint density at radius 3 is 2.90 bits per heavy atom. The summed E-state index contributed by atoms with van der Waals surface area (Å²) in [6, 6.07) is 3.72. The Labute approximate surface area is 116 Å². The number of ether oxygens (including phenoxy) is 1. The van der Waals surface area contributed by atoms with Crippen molar-refractivity contribution in [2.24, 2.45) is 0 Å². The predicted octanol–water partition coefficient (Wildman–Crippen LogP) is 2.20. The van der Waals surface area contributed by atoms with Crippen LogP contribution in [0.1, 0.15) is 24.9 Å². The third-order valence-electron chi connectivity index (χ3n) is 3.55. The first-order valence-corrected chi connectivity index (χ1v) is 6.49. The van der Waals surface area contributed by atoms with E-state index in [0.717, 1.165) is 6.07 Å². The largest absolute Gasteiger partial charge is 0.481 e. The minimum Gasteiger partial charge on any atom is -0.481 e. The minimum atomic E-state index is -0.905. The van der Waals surface area contributed by atoms with Gasteiger partial charge < -0.3 is 9.84 Å². The lowest BCUT2D eigenvalue weighted by molar-refractivity contribution is -0.142. The normalized spacial score (nSPS) is 21.6. The van der Waals surface area contributed by atoms with Crippen molar-refractivity contribution in [1.82, 2.24) is 4.90 Å². The van der Waals surface area contributed by atoms with Crippen LogP contribution in [0.25, 0.3) is 0 Å². The zero-order valence-electron chi connectivity index (χ0n) is 11.2. The second-order valence-corrected chi connectivity index (χ2v) is 4.94. The van der Waals surface area contributed by atoms with E-state index in [-0.39, 0.29) is 18.6 Å². The van der Waals surface area contributed by atoms with Gasteiger partial charge in [0.1, 0.15) is 0 Å². The Balaban J connectivity index is 2.05. The van der Waals surface area contributed by atoms with Crippen molar-refractivity contribution in [2.75, 3.05) is 19.7 Å². The molecule has 4 nitrogen and oxygen atoms in total. The quantitative estimate of drug-likeness (QED) is 0.921. The molecule has 2 unspecified atom stereocenters. The van der Waals surface area contributed by atoms with E-state index < -0.39 is 17.6 Å². The molecule has 0 amide bonds. The van der Waals surface area contributed by atoms with Crippen LogP contribution in [0.3, 0.4) is 0 Å². The van der Waals surface area contributed by atoms with E-state index in [1.165, 1.54) is 6.07 Å². The number of rotatable bonds is 4. The number of nitrogens with zero attached hydrogens (tertiary/aromatic N) is 1. The van der Waals surface area contributed by atoms with E-state index in [1.807, 2.05) is 11.8 Å². The average molecular weight is 285 g/mol. The van der Waals surface area contributed by atoms with Crippen molar-refractivity contribution in [3.8, 4) is 0 Å². The molecule has 110 valence electrons. The van der Waals surface area contributed by atoms with Crippen molar-refractivity contribution in [2.45, 2.75) is 25.5 Å². The van der Waals surface area contributed by atoms with Gasteiger partial charge in [0, 0.05) is 19.1 Å². The summed E-state index contributed by atoms with van der Waals surface area (Å²) in [6.07, 6.45) is -0.421. The zero-order valence-corrected chi connectivity index (χ0v) is 11.2. The van der Waals surface area contributed by atoms with Gasteiger partial charge in [-0.1, -0.05) is 6.07 Å². The van der Waals surface area contributed by atoms with E-state index in [2.05, 4.69) is 0 Å². The van der Waals surface area contributed by atoms with E-state index in [1.54, 1.807) is 6.07 Å². The second kappa shape index (κ2) is 6.28. The highest BCUT2D eigenvalue weighted by Gasteiger charge is 2.26. The number of carbonyl (C=O) groups is 1. The van der Waals surface area contributed by atoms with Crippen LogP contribution in [-0.4, -0.2) is 41.8 Å². The predicted molar refractivity (Wildman–Crippen MR) is 68.3 cm³/mol. The highest BCUT2D eigenvalue weighted by molar-refractivity contribution is 5.67. The van der Waals surface area contributed by atoms with Crippen molar-refractivity contribution in [3.63, 3.8) is 0 Å². The highest BCUT2D eigenvalue weighted by Crippen LogP contribution is 2.24. The Morgan fingerprint density at radius 2 is 2.25 bits per heavy atom. The van der Waals surface area contributed by atoms with Gasteiger partial charge in [-0.2, -0.15) is 0 Å². The number of carboxylic acid groups (broad SMARTS) is 1. The standard InChI is InChI=1S/C14H17F2NO3/c1-9(10-2-3-12(15)13(16)6-10)17-4-5-20-11(8-17)7-14(18)19/h2-3,6,9,11H,4-5,7-8H2,1H3,(H,18,19). The van der Waals surface area contributed by atoms with Crippen LogP contribution in [0.5, 0.6) is 0 Å². The van der Waals surface area contributed by atoms with Gasteiger partial charge >= 0.3 is 5.97 Å². The fraction of sp³-hybridized carbons (Fsp3) is 0.500. The smallest absolute Gasteiger partial charge is 0.306 e. The van der Waals surface area contributed by atoms with E-state index >= 15 is 0 Å². The van der Waals surface area contributed by atoms with Gasteiger partial charge in [0.15, 0.2) is 11.6 Å². The molecule has 0 spiro atoms. The van der Waals surface area contributed by atoms with Crippen LogP contribution in [0.4, 0.5) is 8.78 Å². The van der Waals surface area contributed by atoms with Crippen molar-refractivity contribution in [1.29, 1.82) is 0 Å².